The Bertz CT molecular complexity index is 722. The van der Waals surface area contributed by atoms with Crippen LogP contribution in [0.4, 0.5) is 0 Å². The van der Waals surface area contributed by atoms with Crippen LogP contribution in [0.1, 0.15) is 42.5 Å². The molecule has 2 aromatic rings. The lowest BCUT2D eigenvalue weighted by molar-refractivity contribution is 0.0954. The number of aromatic nitrogens is 2. The Balaban J connectivity index is 1.50. The lowest BCUT2D eigenvalue weighted by Gasteiger charge is -2.20. The average molecular weight is 364 g/mol. The van der Waals surface area contributed by atoms with Gasteiger partial charge < -0.3 is 10.3 Å². The summed E-state index contributed by atoms with van der Waals surface area (Å²) in [5.41, 5.74) is -0.330. The van der Waals surface area contributed by atoms with E-state index in [0.717, 1.165) is 15.9 Å². The zero-order valence-electron chi connectivity index (χ0n) is 13.4. The van der Waals surface area contributed by atoms with Crippen molar-refractivity contribution in [2.24, 2.45) is 0 Å². The van der Waals surface area contributed by atoms with Gasteiger partial charge in [-0.3, -0.25) is 9.59 Å². The van der Waals surface area contributed by atoms with Gasteiger partial charge in [-0.2, -0.15) is 11.8 Å². The smallest absolute Gasteiger partial charge is 0.264 e. The molecule has 0 radical (unpaired) electrons. The molecule has 0 unspecified atom stereocenters. The van der Waals surface area contributed by atoms with Crippen LogP contribution < -0.4 is 10.9 Å². The van der Waals surface area contributed by atoms with Crippen molar-refractivity contribution in [3.63, 3.8) is 0 Å². The summed E-state index contributed by atoms with van der Waals surface area (Å²) in [5.74, 6) is 1.03. The quantitative estimate of drug-likeness (QED) is 0.772. The van der Waals surface area contributed by atoms with E-state index in [-0.39, 0.29) is 11.5 Å². The molecule has 5 nitrogen and oxygen atoms in total. The van der Waals surface area contributed by atoms with Gasteiger partial charge >= 0.3 is 0 Å². The number of nitrogens with one attached hydrogen (secondary N) is 2. The number of thiophene rings is 1. The number of H-pyrrole nitrogens is 1. The van der Waals surface area contributed by atoms with E-state index in [2.05, 4.69) is 15.3 Å². The van der Waals surface area contributed by atoms with Crippen molar-refractivity contribution >= 4 is 29.0 Å². The number of amides is 1. The summed E-state index contributed by atoms with van der Waals surface area (Å²) in [6.45, 7) is 0.576. The van der Waals surface area contributed by atoms with E-state index in [4.69, 9.17) is 0 Å². The third-order valence-corrected chi connectivity index (χ3v) is 6.35. The first-order chi connectivity index (χ1) is 11.7. The Hall–Kier alpha value is -1.60. The van der Waals surface area contributed by atoms with Gasteiger partial charge in [0.25, 0.3) is 11.5 Å². The van der Waals surface area contributed by atoms with Gasteiger partial charge in [-0.1, -0.05) is 25.3 Å². The van der Waals surface area contributed by atoms with Gasteiger partial charge in [0.2, 0.25) is 0 Å². The fraction of sp³-hybridized carbons (Fsp3) is 0.471. The lowest BCUT2D eigenvalue weighted by atomic mass is 10.0. The van der Waals surface area contributed by atoms with Crippen molar-refractivity contribution in [1.29, 1.82) is 0 Å². The molecule has 1 aliphatic carbocycles. The zero-order chi connectivity index (χ0) is 16.8. The van der Waals surface area contributed by atoms with E-state index in [1.54, 1.807) is 0 Å². The predicted molar refractivity (Wildman–Crippen MR) is 99.8 cm³/mol. The number of rotatable bonds is 6. The van der Waals surface area contributed by atoms with E-state index in [1.807, 2.05) is 29.3 Å². The van der Waals surface area contributed by atoms with Crippen LogP contribution in [-0.4, -0.2) is 33.4 Å². The van der Waals surface area contributed by atoms with Gasteiger partial charge in [0.05, 0.1) is 4.88 Å². The predicted octanol–water partition coefficient (Wildman–Crippen LogP) is 3.29. The second-order valence-corrected chi connectivity index (χ2v) is 8.19. The van der Waals surface area contributed by atoms with Crippen molar-refractivity contribution in [3.8, 4) is 10.7 Å². The molecule has 0 spiro atoms. The summed E-state index contributed by atoms with van der Waals surface area (Å²) >= 11 is 3.42. The first kappa shape index (κ1) is 17.2. The molecule has 24 heavy (non-hydrogen) atoms. The molecule has 0 aromatic carbocycles. The van der Waals surface area contributed by atoms with E-state index < -0.39 is 5.56 Å². The Morgan fingerprint density at radius 2 is 2.21 bits per heavy atom. The van der Waals surface area contributed by atoms with Crippen molar-refractivity contribution in [3.05, 3.63) is 39.6 Å². The maximum atomic E-state index is 12.1. The van der Waals surface area contributed by atoms with Crippen LogP contribution in [0.25, 0.3) is 10.7 Å². The molecule has 0 saturated heterocycles. The molecule has 1 amide bonds. The molecule has 3 rings (SSSR count). The molecular formula is C17H21N3O2S2. The van der Waals surface area contributed by atoms with Crippen LogP contribution in [0.15, 0.2) is 28.5 Å². The zero-order valence-corrected chi connectivity index (χ0v) is 15.0. The highest BCUT2D eigenvalue weighted by atomic mass is 32.2. The first-order valence-corrected chi connectivity index (χ1v) is 10.2. The number of nitrogens with zero attached hydrogens (tertiary/aromatic N) is 1. The number of carbonyl (C=O) groups is 1. The van der Waals surface area contributed by atoms with E-state index in [9.17, 15) is 9.59 Å². The van der Waals surface area contributed by atoms with Gasteiger partial charge in [0.15, 0.2) is 0 Å². The summed E-state index contributed by atoms with van der Waals surface area (Å²) < 4.78 is 0. The highest BCUT2D eigenvalue weighted by Gasteiger charge is 2.15. The topological polar surface area (TPSA) is 74.8 Å². The minimum atomic E-state index is -0.397. The van der Waals surface area contributed by atoms with Crippen LogP contribution in [0.5, 0.6) is 0 Å². The van der Waals surface area contributed by atoms with Gasteiger partial charge in [0.1, 0.15) is 11.4 Å². The van der Waals surface area contributed by atoms with Crippen molar-refractivity contribution in [2.75, 3.05) is 12.3 Å². The Morgan fingerprint density at radius 1 is 1.38 bits per heavy atom. The highest BCUT2D eigenvalue weighted by Crippen LogP contribution is 2.27. The molecule has 2 aromatic heterocycles. The van der Waals surface area contributed by atoms with Crippen LogP contribution in [0, 0.1) is 0 Å². The summed E-state index contributed by atoms with van der Waals surface area (Å²) in [4.78, 5) is 32.0. The van der Waals surface area contributed by atoms with Gasteiger partial charge in [-0.15, -0.1) is 11.3 Å². The van der Waals surface area contributed by atoms with Crippen LogP contribution in [0.2, 0.25) is 0 Å². The minimum Gasteiger partial charge on any atom is -0.351 e. The standard InChI is InChI=1S/C17H21N3O2S2/c21-16(18-8-10-23-12-5-2-1-3-6-12)13-11-19-15(20-17(13)22)14-7-4-9-24-14/h4,7,9,11-12H,1-3,5-6,8,10H2,(H,18,21)(H,19,20,22). The SMILES string of the molecule is O=C(NCCSC1CCCCC1)c1cnc(-c2cccs2)[nH]c1=O. The molecular weight excluding hydrogens is 342 g/mol. The largest absolute Gasteiger partial charge is 0.351 e. The normalized spacial score (nSPS) is 15.3. The number of thioether (sulfide) groups is 1. The lowest BCUT2D eigenvalue weighted by Crippen LogP contribution is -2.31. The van der Waals surface area contributed by atoms with Crippen molar-refractivity contribution in [2.45, 2.75) is 37.4 Å². The minimum absolute atomic E-state index is 0.0676. The molecule has 0 bridgehead atoms. The Morgan fingerprint density at radius 3 is 2.92 bits per heavy atom. The third kappa shape index (κ3) is 4.48. The van der Waals surface area contributed by atoms with Crippen molar-refractivity contribution in [1.82, 2.24) is 15.3 Å². The summed E-state index contributed by atoms with van der Waals surface area (Å²) in [5, 5.41) is 5.46. The van der Waals surface area contributed by atoms with Crippen LogP contribution >= 0.6 is 23.1 Å². The average Bonchev–Trinajstić information content (AvgIpc) is 3.14. The fourth-order valence-corrected chi connectivity index (χ4v) is 4.71. The molecule has 7 heteroatoms. The van der Waals surface area contributed by atoms with E-state index >= 15 is 0 Å². The number of aromatic amines is 1. The molecule has 128 valence electrons. The summed E-state index contributed by atoms with van der Waals surface area (Å²) in [6.07, 6.45) is 7.92. The molecule has 1 saturated carbocycles. The van der Waals surface area contributed by atoms with Crippen molar-refractivity contribution < 1.29 is 4.79 Å². The maximum absolute atomic E-state index is 12.1. The monoisotopic (exact) mass is 363 g/mol. The molecule has 1 aliphatic rings. The van der Waals surface area contributed by atoms with Gasteiger partial charge in [0, 0.05) is 23.7 Å². The summed E-state index contributed by atoms with van der Waals surface area (Å²) in [7, 11) is 0. The molecule has 2 N–H and O–H groups in total. The number of hydrogen-bond acceptors (Lipinski definition) is 5. The van der Waals surface area contributed by atoms with E-state index in [0.29, 0.717) is 12.4 Å². The third-order valence-electron chi connectivity index (χ3n) is 4.09. The Kier molecular flexibility index (Phi) is 6.09. The molecule has 0 atom stereocenters. The second kappa shape index (κ2) is 8.48. The maximum Gasteiger partial charge on any atom is 0.264 e. The highest BCUT2D eigenvalue weighted by molar-refractivity contribution is 7.99. The number of hydrogen-bond donors (Lipinski definition) is 2. The van der Waals surface area contributed by atoms with Crippen LogP contribution in [0.3, 0.4) is 0 Å². The van der Waals surface area contributed by atoms with Crippen LogP contribution in [-0.2, 0) is 0 Å². The summed E-state index contributed by atoms with van der Waals surface area (Å²) in [6, 6.07) is 3.77. The number of carbonyl (C=O) groups excluding carboxylic acids is 1. The fourth-order valence-electron chi connectivity index (χ4n) is 2.81. The van der Waals surface area contributed by atoms with Gasteiger partial charge in [-0.25, -0.2) is 4.98 Å². The molecule has 0 aliphatic heterocycles. The van der Waals surface area contributed by atoms with E-state index in [1.165, 1.54) is 49.6 Å². The molecule has 1 fully saturated rings. The first-order valence-electron chi connectivity index (χ1n) is 8.27. The second-order valence-electron chi connectivity index (χ2n) is 5.84. The molecule has 2 heterocycles. The Labute approximate surface area is 149 Å². The van der Waals surface area contributed by atoms with Gasteiger partial charge in [-0.05, 0) is 24.3 Å².